The Kier molecular flexibility index (Phi) is 2.45. The zero-order valence-corrected chi connectivity index (χ0v) is 8.71. The molecule has 0 aliphatic carbocycles. The third-order valence-electron chi connectivity index (χ3n) is 1.99. The van der Waals surface area contributed by atoms with Crippen LogP contribution in [-0.4, -0.2) is 9.97 Å². The molecule has 3 nitrogen and oxygen atoms in total. The Morgan fingerprint density at radius 3 is 2.71 bits per heavy atom. The van der Waals surface area contributed by atoms with Gasteiger partial charge in [-0.15, -0.1) is 0 Å². The van der Waals surface area contributed by atoms with Crippen molar-refractivity contribution < 1.29 is 0 Å². The van der Waals surface area contributed by atoms with Crippen LogP contribution in [0.25, 0.3) is 10.4 Å². The average molecular weight is 205 g/mol. The number of thiazole rings is 1. The van der Waals surface area contributed by atoms with Crippen LogP contribution in [0.15, 0.2) is 24.5 Å². The second-order valence-corrected chi connectivity index (χ2v) is 3.95. The molecule has 0 aromatic carbocycles. The SMILES string of the molecule is CCc1nc(N)sc1-c1ccncc1. The second kappa shape index (κ2) is 3.75. The van der Waals surface area contributed by atoms with Gasteiger partial charge in [0, 0.05) is 12.4 Å². The Hall–Kier alpha value is -1.42. The maximum atomic E-state index is 5.68. The van der Waals surface area contributed by atoms with Crippen molar-refractivity contribution in [2.75, 3.05) is 5.73 Å². The highest BCUT2D eigenvalue weighted by molar-refractivity contribution is 7.18. The van der Waals surface area contributed by atoms with Gasteiger partial charge in [0.2, 0.25) is 0 Å². The van der Waals surface area contributed by atoms with Crippen molar-refractivity contribution in [1.82, 2.24) is 9.97 Å². The van der Waals surface area contributed by atoms with Gasteiger partial charge in [0.1, 0.15) is 0 Å². The smallest absolute Gasteiger partial charge is 0.180 e. The molecule has 0 aliphatic heterocycles. The molecule has 0 radical (unpaired) electrons. The molecule has 2 rings (SSSR count). The Bertz CT molecular complexity index is 422. The Morgan fingerprint density at radius 1 is 1.36 bits per heavy atom. The van der Waals surface area contributed by atoms with Crippen molar-refractivity contribution >= 4 is 16.5 Å². The van der Waals surface area contributed by atoms with Crippen molar-refractivity contribution in [3.8, 4) is 10.4 Å². The molecule has 2 heterocycles. The topological polar surface area (TPSA) is 51.8 Å². The molecular weight excluding hydrogens is 194 g/mol. The summed E-state index contributed by atoms with van der Waals surface area (Å²) in [5.41, 5.74) is 7.90. The summed E-state index contributed by atoms with van der Waals surface area (Å²) in [6, 6.07) is 3.96. The molecule has 2 N–H and O–H groups in total. The van der Waals surface area contributed by atoms with Gasteiger partial charge in [-0.25, -0.2) is 4.98 Å². The molecule has 2 aromatic rings. The molecule has 0 amide bonds. The van der Waals surface area contributed by atoms with E-state index in [0.29, 0.717) is 5.13 Å². The predicted molar refractivity (Wildman–Crippen MR) is 59.1 cm³/mol. The summed E-state index contributed by atoms with van der Waals surface area (Å²) in [6.45, 7) is 2.08. The summed E-state index contributed by atoms with van der Waals surface area (Å²) in [6.07, 6.45) is 4.47. The van der Waals surface area contributed by atoms with Crippen LogP contribution >= 0.6 is 11.3 Å². The molecule has 0 spiro atoms. The normalized spacial score (nSPS) is 10.4. The first kappa shape index (κ1) is 9.15. The summed E-state index contributed by atoms with van der Waals surface area (Å²) >= 11 is 1.53. The fourth-order valence-electron chi connectivity index (χ4n) is 1.34. The molecule has 0 aliphatic rings. The molecule has 72 valence electrons. The van der Waals surface area contributed by atoms with E-state index in [1.165, 1.54) is 11.3 Å². The number of nitrogens with zero attached hydrogens (tertiary/aromatic N) is 2. The van der Waals surface area contributed by atoms with Gasteiger partial charge < -0.3 is 5.73 Å². The molecule has 0 bridgehead atoms. The van der Waals surface area contributed by atoms with Crippen LogP contribution < -0.4 is 5.73 Å². The lowest BCUT2D eigenvalue weighted by molar-refractivity contribution is 1.07. The largest absolute Gasteiger partial charge is 0.375 e. The van der Waals surface area contributed by atoms with E-state index in [0.717, 1.165) is 22.6 Å². The maximum absolute atomic E-state index is 5.68. The van der Waals surface area contributed by atoms with E-state index >= 15 is 0 Å². The number of anilines is 1. The molecule has 0 saturated heterocycles. The summed E-state index contributed by atoms with van der Waals surface area (Å²) in [5.74, 6) is 0. The fraction of sp³-hybridized carbons (Fsp3) is 0.200. The van der Waals surface area contributed by atoms with Crippen LogP contribution in [0.1, 0.15) is 12.6 Å². The highest BCUT2D eigenvalue weighted by Crippen LogP contribution is 2.31. The van der Waals surface area contributed by atoms with Gasteiger partial charge in [0.15, 0.2) is 5.13 Å². The number of aromatic nitrogens is 2. The van der Waals surface area contributed by atoms with E-state index in [-0.39, 0.29) is 0 Å². The summed E-state index contributed by atoms with van der Waals surface area (Å²) < 4.78 is 0. The lowest BCUT2D eigenvalue weighted by Gasteiger charge is -1.97. The summed E-state index contributed by atoms with van der Waals surface area (Å²) in [5, 5.41) is 0.633. The minimum atomic E-state index is 0.633. The number of pyridine rings is 1. The zero-order chi connectivity index (χ0) is 9.97. The number of hydrogen-bond acceptors (Lipinski definition) is 4. The molecule has 0 saturated carbocycles. The van der Waals surface area contributed by atoms with Crippen molar-refractivity contribution in [2.45, 2.75) is 13.3 Å². The molecule has 4 heteroatoms. The van der Waals surface area contributed by atoms with Gasteiger partial charge in [-0.05, 0) is 24.1 Å². The van der Waals surface area contributed by atoms with Crippen LogP contribution in [0, 0.1) is 0 Å². The van der Waals surface area contributed by atoms with Crippen LogP contribution in [0.5, 0.6) is 0 Å². The Balaban J connectivity index is 2.51. The van der Waals surface area contributed by atoms with Crippen LogP contribution in [0.3, 0.4) is 0 Å². The van der Waals surface area contributed by atoms with Gasteiger partial charge >= 0.3 is 0 Å². The molecule has 0 atom stereocenters. The average Bonchev–Trinajstić information content (AvgIpc) is 2.61. The minimum absolute atomic E-state index is 0.633. The third-order valence-corrected chi connectivity index (χ3v) is 2.97. The number of aryl methyl sites for hydroxylation is 1. The number of nitrogen functional groups attached to an aromatic ring is 1. The van der Waals surface area contributed by atoms with Gasteiger partial charge in [0.25, 0.3) is 0 Å². The first-order valence-electron chi connectivity index (χ1n) is 4.47. The number of rotatable bonds is 2. The summed E-state index contributed by atoms with van der Waals surface area (Å²) in [7, 11) is 0. The molecular formula is C10H11N3S. The number of hydrogen-bond donors (Lipinski definition) is 1. The van der Waals surface area contributed by atoms with Gasteiger partial charge in [-0.2, -0.15) is 0 Å². The zero-order valence-electron chi connectivity index (χ0n) is 7.90. The quantitative estimate of drug-likeness (QED) is 0.818. The minimum Gasteiger partial charge on any atom is -0.375 e. The first-order valence-corrected chi connectivity index (χ1v) is 5.28. The molecule has 0 unspecified atom stereocenters. The van der Waals surface area contributed by atoms with Crippen molar-refractivity contribution in [3.05, 3.63) is 30.2 Å². The predicted octanol–water partition coefficient (Wildman–Crippen LogP) is 2.35. The van der Waals surface area contributed by atoms with E-state index in [9.17, 15) is 0 Å². The lowest BCUT2D eigenvalue weighted by Crippen LogP contribution is -1.86. The second-order valence-electron chi connectivity index (χ2n) is 2.92. The van der Waals surface area contributed by atoms with E-state index < -0.39 is 0 Å². The van der Waals surface area contributed by atoms with Crippen LogP contribution in [0.2, 0.25) is 0 Å². The van der Waals surface area contributed by atoms with Crippen molar-refractivity contribution in [1.29, 1.82) is 0 Å². The molecule has 14 heavy (non-hydrogen) atoms. The maximum Gasteiger partial charge on any atom is 0.180 e. The lowest BCUT2D eigenvalue weighted by atomic mass is 10.2. The first-order chi connectivity index (χ1) is 6.81. The molecule has 0 fully saturated rings. The van der Waals surface area contributed by atoms with E-state index in [1.807, 2.05) is 12.1 Å². The van der Waals surface area contributed by atoms with E-state index in [1.54, 1.807) is 12.4 Å². The van der Waals surface area contributed by atoms with Gasteiger partial charge in [-0.1, -0.05) is 18.3 Å². The Labute approximate surface area is 86.6 Å². The van der Waals surface area contributed by atoms with Gasteiger partial charge in [0.05, 0.1) is 10.6 Å². The highest BCUT2D eigenvalue weighted by atomic mass is 32.1. The van der Waals surface area contributed by atoms with Crippen LogP contribution in [0.4, 0.5) is 5.13 Å². The van der Waals surface area contributed by atoms with Crippen molar-refractivity contribution in [3.63, 3.8) is 0 Å². The van der Waals surface area contributed by atoms with Gasteiger partial charge in [-0.3, -0.25) is 4.98 Å². The standard InChI is InChI=1S/C10H11N3S/c1-2-8-9(14-10(11)13-8)7-3-5-12-6-4-7/h3-6H,2H2,1H3,(H2,11,13). The fourth-order valence-corrected chi connectivity index (χ4v) is 2.27. The number of nitrogens with two attached hydrogens (primary N) is 1. The van der Waals surface area contributed by atoms with Crippen molar-refractivity contribution in [2.24, 2.45) is 0 Å². The monoisotopic (exact) mass is 205 g/mol. The van der Waals surface area contributed by atoms with Crippen LogP contribution in [-0.2, 0) is 6.42 Å². The van der Waals surface area contributed by atoms with E-state index in [4.69, 9.17) is 5.73 Å². The van der Waals surface area contributed by atoms with E-state index in [2.05, 4.69) is 16.9 Å². The summed E-state index contributed by atoms with van der Waals surface area (Å²) in [4.78, 5) is 9.43. The third kappa shape index (κ3) is 1.61. The Morgan fingerprint density at radius 2 is 2.07 bits per heavy atom. The highest BCUT2D eigenvalue weighted by Gasteiger charge is 2.09. The molecule has 2 aromatic heterocycles.